The van der Waals surface area contributed by atoms with E-state index in [9.17, 15) is 0 Å². The first-order valence-electron chi connectivity index (χ1n) is 6.19. The topological polar surface area (TPSA) is 70.6 Å². The van der Waals surface area contributed by atoms with E-state index in [2.05, 4.69) is 27.3 Å². The van der Waals surface area contributed by atoms with Crippen LogP contribution in [0.4, 0.5) is 0 Å². The third kappa shape index (κ3) is 3.96. The van der Waals surface area contributed by atoms with Crippen molar-refractivity contribution in [3.05, 3.63) is 56.7 Å². The number of thiophene rings is 1. The fourth-order valence-corrected chi connectivity index (χ4v) is 2.75. The van der Waals surface area contributed by atoms with Crippen molar-refractivity contribution >= 4 is 28.8 Å². The fourth-order valence-electron chi connectivity index (χ4n) is 1.80. The van der Waals surface area contributed by atoms with Gasteiger partial charge in [0.05, 0.1) is 0 Å². The largest absolute Gasteiger partial charge is 0.409 e. The van der Waals surface area contributed by atoms with E-state index in [-0.39, 0.29) is 5.84 Å². The number of amidine groups is 1. The summed E-state index contributed by atoms with van der Waals surface area (Å²) in [5.74, 6) is 0.0591. The monoisotopic (exact) mass is 309 g/mol. The number of benzene rings is 1. The molecule has 1 aromatic heterocycles. The molecule has 2 aromatic rings. The Morgan fingerprint density at radius 3 is 2.90 bits per heavy atom. The lowest BCUT2D eigenvalue weighted by Crippen LogP contribution is -2.17. The molecular formula is C14H16ClN3OS. The van der Waals surface area contributed by atoms with Crippen molar-refractivity contribution in [1.29, 1.82) is 0 Å². The van der Waals surface area contributed by atoms with E-state index in [1.165, 1.54) is 5.56 Å². The summed E-state index contributed by atoms with van der Waals surface area (Å²) in [6, 6.07) is 7.50. The second kappa shape index (κ2) is 7.28. The molecular weight excluding hydrogens is 294 g/mol. The van der Waals surface area contributed by atoms with E-state index >= 15 is 0 Å². The molecule has 6 heteroatoms. The summed E-state index contributed by atoms with van der Waals surface area (Å²) in [6.07, 6.45) is 1.00. The molecule has 4 nitrogen and oxygen atoms in total. The zero-order valence-corrected chi connectivity index (χ0v) is 12.4. The lowest BCUT2D eigenvalue weighted by Gasteiger charge is -2.08. The summed E-state index contributed by atoms with van der Waals surface area (Å²) in [5, 5.41) is 19.8. The Hall–Kier alpha value is -1.56. The van der Waals surface area contributed by atoms with Gasteiger partial charge in [0.25, 0.3) is 0 Å². The highest BCUT2D eigenvalue weighted by atomic mass is 35.5. The first kappa shape index (κ1) is 14.8. The standard InChI is InChI=1S/C14H16ClN3OS/c15-13-7-11(14(16)18-19)1-2-12(13)8-17-5-3-10-4-6-20-9-10/h1-2,4,6-7,9,17,19H,3,5,8H2,(H2,16,18). The molecule has 0 aliphatic heterocycles. The molecule has 1 heterocycles. The van der Waals surface area contributed by atoms with Crippen molar-refractivity contribution in [3.63, 3.8) is 0 Å². The minimum atomic E-state index is 0.0591. The van der Waals surface area contributed by atoms with Crippen LogP contribution in [-0.4, -0.2) is 17.6 Å². The molecule has 0 atom stereocenters. The Balaban J connectivity index is 1.87. The Bertz CT molecular complexity index is 584. The number of rotatable bonds is 6. The van der Waals surface area contributed by atoms with Crippen LogP contribution in [0, 0.1) is 0 Å². The predicted octanol–water partition coefficient (Wildman–Crippen LogP) is 2.83. The zero-order valence-electron chi connectivity index (χ0n) is 10.8. The highest BCUT2D eigenvalue weighted by Gasteiger charge is 2.05. The Labute approximate surface area is 126 Å². The summed E-state index contributed by atoms with van der Waals surface area (Å²) in [6.45, 7) is 1.59. The van der Waals surface area contributed by atoms with Crippen LogP contribution in [0.25, 0.3) is 0 Å². The predicted molar refractivity (Wildman–Crippen MR) is 83.7 cm³/mol. The molecule has 4 N–H and O–H groups in total. The first-order chi connectivity index (χ1) is 9.70. The van der Waals surface area contributed by atoms with Crippen LogP contribution in [0.3, 0.4) is 0 Å². The number of nitrogens with two attached hydrogens (primary N) is 1. The number of oxime groups is 1. The Morgan fingerprint density at radius 1 is 1.40 bits per heavy atom. The van der Waals surface area contributed by atoms with Crippen LogP contribution in [0.15, 0.2) is 40.2 Å². The van der Waals surface area contributed by atoms with Crippen LogP contribution < -0.4 is 11.1 Å². The molecule has 0 unspecified atom stereocenters. The lowest BCUT2D eigenvalue weighted by atomic mass is 10.1. The molecule has 0 aliphatic carbocycles. The SMILES string of the molecule is N/C(=N/O)c1ccc(CNCCc2ccsc2)c(Cl)c1. The average Bonchev–Trinajstić information content (AvgIpc) is 2.97. The van der Waals surface area contributed by atoms with Crippen molar-refractivity contribution < 1.29 is 5.21 Å². The average molecular weight is 310 g/mol. The summed E-state index contributed by atoms with van der Waals surface area (Å²) in [7, 11) is 0. The van der Waals surface area contributed by atoms with Gasteiger partial charge in [-0.1, -0.05) is 28.9 Å². The second-order valence-electron chi connectivity index (χ2n) is 4.35. The number of nitrogens with zero attached hydrogens (tertiary/aromatic N) is 1. The quantitative estimate of drug-likeness (QED) is 0.253. The van der Waals surface area contributed by atoms with Crippen LogP contribution in [-0.2, 0) is 13.0 Å². The maximum absolute atomic E-state index is 8.62. The van der Waals surface area contributed by atoms with Gasteiger partial charge < -0.3 is 16.3 Å². The molecule has 106 valence electrons. The highest BCUT2D eigenvalue weighted by molar-refractivity contribution is 7.07. The minimum Gasteiger partial charge on any atom is -0.409 e. The van der Waals surface area contributed by atoms with Crippen molar-refractivity contribution in [1.82, 2.24) is 5.32 Å². The van der Waals surface area contributed by atoms with Crippen LogP contribution in [0.5, 0.6) is 0 Å². The van der Waals surface area contributed by atoms with Gasteiger partial charge in [-0.2, -0.15) is 11.3 Å². The van der Waals surface area contributed by atoms with Crippen molar-refractivity contribution in [2.75, 3.05) is 6.54 Å². The van der Waals surface area contributed by atoms with E-state index in [1.807, 2.05) is 6.07 Å². The zero-order chi connectivity index (χ0) is 14.4. The smallest absolute Gasteiger partial charge is 0.170 e. The Morgan fingerprint density at radius 2 is 2.25 bits per heavy atom. The third-order valence-electron chi connectivity index (χ3n) is 2.94. The molecule has 0 aliphatic rings. The molecule has 1 aromatic carbocycles. The van der Waals surface area contributed by atoms with Crippen molar-refractivity contribution in [2.24, 2.45) is 10.9 Å². The van der Waals surface area contributed by atoms with Gasteiger partial charge in [0.2, 0.25) is 0 Å². The van der Waals surface area contributed by atoms with Crippen LogP contribution in [0.2, 0.25) is 5.02 Å². The highest BCUT2D eigenvalue weighted by Crippen LogP contribution is 2.17. The molecule has 2 rings (SSSR count). The molecule has 20 heavy (non-hydrogen) atoms. The number of hydrogen-bond donors (Lipinski definition) is 3. The second-order valence-corrected chi connectivity index (χ2v) is 5.54. The molecule has 0 spiro atoms. The van der Waals surface area contributed by atoms with Crippen LogP contribution >= 0.6 is 22.9 Å². The van der Waals surface area contributed by atoms with Gasteiger partial charge in [0.15, 0.2) is 5.84 Å². The molecule has 0 saturated carbocycles. The lowest BCUT2D eigenvalue weighted by molar-refractivity contribution is 0.318. The maximum atomic E-state index is 8.62. The number of hydrogen-bond acceptors (Lipinski definition) is 4. The van der Waals surface area contributed by atoms with Crippen LogP contribution in [0.1, 0.15) is 16.7 Å². The molecule has 0 fully saturated rings. The molecule has 0 amide bonds. The van der Waals surface area contributed by atoms with Gasteiger partial charge >= 0.3 is 0 Å². The third-order valence-corrected chi connectivity index (χ3v) is 4.03. The van der Waals surface area contributed by atoms with Gasteiger partial charge in [-0.05, 0) is 47.0 Å². The normalized spacial score (nSPS) is 11.8. The van der Waals surface area contributed by atoms with E-state index in [1.54, 1.807) is 23.5 Å². The number of halogens is 1. The minimum absolute atomic E-state index is 0.0591. The van der Waals surface area contributed by atoms with E-state index < -0.39 is 0 Å². The van der Waals surface area contributed by atoms with E-state index in [0.29, 0.717) is 17.1 Å². The fraction of sp³-hybridized carbons (Fsp3) is 0.214. The van der Waals surface area contributed by atoms with E-state index in [4.69, 9.17) is 22.5 Å². The number of nitrogens with one attached hydrogen (secondary N) is 1. The van der Waals surface area contributed by atoms with Gasteiger partial charge in [0, 0.05) is 17.1 Å². The summed E-state index contributed by atoms with van der Waals surface area (Å²) >= 11 is 7.89. The Kier molecular flexibility index (Phi) is 5.40. The van der Waals surface area contributed by atoms with Gasteiger partial charge in [-0.25, -0.2) is 0 Å². The summed E-state index contributed by atoms with van der Waals surface area (Å²) in [5.41, 5.74) is 8.46. The molecule has 0 bridgehead atoms. The summed E-state index contributed by atoms with van der Waals surface area (Å²) in [4.78, 5) is 0. The first-order valence-corrected chi connectivity index (χ1v) is 7.51. The van der Waals surface area contributed by atoms with Gasteiger partial charge in [0.1, 0.15) is 0 Å². The van der Waals surface area contributed by atoms with Crippen molar-refractivity contribution in [3.8, 4) is 0 Å². The van der Waals surface area contributed by atoms with Crippen molar-refractivity contribution in [2.45, 2.75) is 13.0 Å². The maximum Gasteiger partial charge on any atom is 0.170 e. The molecule has 0 saturated heterocycles. The summed E-state index contributed by atoms with van der Waals surface area (Å²) < 4.78 is 0. The van der Waals surface area contributed by atoms with Gasteiger partial charge in [-0.3, -0.25) is 0 Å². The molecule has 0 radical (unpaired) electrons. The van der Waals surface area contributed by atoms with E-state index in [0.717, 1.165) is 18.5 Å². The van der Waals surface area contributed by atoms with Gasteiger partial charge in [-0.15, -0.1) is 0 Å².